The van der Waals surface area contributed by atoms with Gasteiger partial charge in [0, 0.05) is 0 Å². The summed E-state index contributed by atoms with van der Waals surface area (Å²) >= 11 is 0. The van der Waals surface area contributed by atoms with Crippen molar-refractivity contribution in [2.45, 2.75) is 12.6 Å². The molecule has 0 fully saturated rings. The SMILES string of the molecule is COc1ccc(C(CO)N(C)Cc2ccco2)cc1. The van der Waals surface area contributed by atoms with Gasteiger partial charge in [-0.1, -0.05) is 12.1 Å². The molecule has 0 aliphatic heterocycles. The number of methoxy groups -OCH3 is 1. The van der Waals surface area contributed by atoms with Crippen LogP contribution >= 0.6 is 0 Å². The minimum atomic E-state index is -0.0593. The summed E-state index contributed by atoms with van der Waals surface area (Å²) in [6.45, 7) is 0.716. The van der Waals surface area contributed by atoms with Crippen LogP contribution in [-0.4, -0.2) is 30.8 Å². The summed E-state index contributed by atoms with van der Waals surface area (Å²) in [5.74, 6) is 1.70. The Hall–Kier alpha value is -1.78. The van der Waals surface area contributed by atoms with E-state index in [1.165, 1.54) is 0 Å². The first-order chi connectivity index (χ1) is 9.24. The average molecular weight is 261 g/mol. The molecule has 1 unspecified atom stereocenters. The van der Waals surface area contributed by atoms with Gasteiger partial charge in [-0.2, -0.15) is 0 Å². The molecular formula is C15H19NO3. The van der Waals surface area contributed by atoms with E-state index < -0.39 is 0 Å². The van der Waals surface area contributed by atoms with Gasteiger partial charge in [-0.25, -0.2) is 0 Å². The molecule has 2 rings (SSSR count). The maximum absolute atomic E-state index is 9.60. The largest absolute Gasteiger partial charge is 0.497 e. The first kappa shape index (κ1) is 13.6. The molecule has 0 amide bonds. The minimum Gasteiger partial charge on any atom is -0.497 e. The fraction of sp³-hybridized carbons (Fsp3) is 0.333. The van der Waals surface area contributed by atoms with Crippen LogP contribution in [0.5, 0.6) is 5.75 Å². The van der Waals surface area contributed by atoms with Crippen LogP contribution < -0.4 is 4.74 Å². The maximum Gasteiger partial charge on any atom is 0.118 e. The molecule has 4 nitrogen and oxygen atoms in total. The molecule has 4 heteroatoms. The highest BCUT2D eigenvalue weighted by atomic mass is 16.5. The monoisotopic (exact) mass is 261 g/mol. The third-order valence-corrected chi connectivity index (χ3v) is 3.19. The van der Waals surface area contributed by atoms with Crippen molar-refractivity contribution in [3.05, 3.63) is 54.0 Å². The van der Waals surface area contributed by atoms with E-state index in [0.29, 0.717) is 6.54 Å². The fourth-order valence-electron chi connectivity index (χ4n) is 2.08. The molecule has 2 aromatic rings. The smallest absolute Gasteiger partial charge is 0.118 e. The van der Waals surface area contributed by atoms with Crippen molar-refractivity contribution in [2.24, 2.45) is 0 Å². The van der Waals surface area contributed by atoms with E-state index in [0.717, 1.165) is 17.1 Å². The zero-order valence-electron chi connectivity index (χ0n) is 11.2. The molecule has 1 aromatic carbocycles. The first-order valence-corrected chi connectivity index (χ1v) is 6.22. The Morgan fingerprint density at radius 1 is 1.26 bits per heavy atom. The number of hydrogen-bond acceptors (Lipinski definition) is 4. The Balaban J connectivity index is 2.09. The summed E-state index contributed by atoms with van der Waals surface area (Å²) in [7, 11) is 3.61. The molecule has 0 saturated heterocycles. The van der Waals surface area contributed by atoms with Crippen LogP contribution in [-0.2, 0) is 6.54 Å². The zero-order valence-corrected chi connectivity index (χ0v) is 11.2. The van der Waals surface area contributed by atoms with Gasteiger partial charge in [0.2, 0.25) is 0 Å². The lowest BCUT2D eigenvalue weighted by atomic mass is 10.1. The van der Waals surface area contributed by atoms with Crippen LogP contribution in [0, 0.1) is 0 Å². The van der Waals surface area contributed by atoms with Gasteiger partial charge >= 0.3 is 0 Å². The molecule has 0 aliphatic carbocycles. The Kier molecular flexibility index (Phi) is 4.60. The molecule has 102 valence electrons. The highest BCUT2D eigenvalue weighted by Crippen LogP contribution is 2.23. The van der Waals surface area contributed by atoms with E-state index in [2.05, 4.69) is 4.90 Å². The summed E-state index contributed by atoms with van der Waals surface area (Å²) < 4.78 is 10.5. The second kappa shape index (κ2) is 6.41. The molecule has 19 heavy (non-hydrogen) atoms. The van der Waals surface area contributed by atoms with Gasteiger partial charge in [0.05, 0.1) is 32.6 Å². The van der Waals surface area contributed by atoms with Crippen molar-refractivity contribution in [1.82, 2.24) is 4.90 Å². The lowest BCUT2D eigenvalue weighted by Gasteiger charge is -2.26. The second-order valence-corrected chi connectivity index (χ2v) is 4.47. The van der Waals surface area contributed by atoms with Crippen LogP contribution in [0.4, 0.5) is 0 Å². The topological polar surface area (TPSA) is 45.8 Å². The highest BCUT2D eigenvalue weighted by Gasteiger charge is 2.17. The number of aliphatic hydroxyl groups is 1. The molecular weight excluding hydrogens is 242 g/mol. The molecule has 0 bridgehead atoms. The number of nitrogens with zero attached hydrogens (tertiary/aromatic N) is 1. The third-order valence-electron chi connectivity index (χ3n) is 3.19. The van der Waals surface area contributed by atoms with E-state index in [1.54, 1.807) is 13.4 Å². The van der Waals surface area contributed by atoms with Crippen molar-refractivity contribution in [2.75, 3.05) is 20.8 Å². The Morgan fingerprint density at radius 2 is 2.00 bits per heavy atom. The third kappa shape index (κ3) is 3.36. The van der Waals surface area contributed by atoms with Crippen LogP contribution in [0.2, 0.25) is 0 Å². The quantitative estimate of drug-likeness (QED) is 0.867. The normalized spacial score (nSPS) is 12.6. The predicted octanol–water partition coefficient (Wildman–Crippen LogP) is 2.45. The van der Waals surface area contributed by atoms with Gasteiger partial charge in [-0.15, -0.1) is 0 Å². The molecule has 0 spiro atoms. The maximum atomic E-state index is 9.60. The van der Waals surface area contributed by atoms with Gasteiger partial charge in [0.1, 0.15) is 11.5 Å². The molecule has 1 aromatic heterocycles. The van der Waals surface area contributed by atoms with Crippen molar-refractivity contribution in [1.29, 1.82) is 0 Å². The number of hydrogen-bond donors (Lipinski definition) is 1. The van der Waals surface area contributed by atoms with Crippen LogP contribution in [0.15, 0.2) is 47.1 Å². The molecule has 1 N–H and O–H groups in total. The Bertz CT molecular complexity index is 479. The summed E-state index contributed by atoms with van der Waals surface area (Å²) in [4.78, 5) is 2.06. The Morgan fingerprint density at radius 3 is 2.53 bits per heavy atom. The number of benzene rings is 1. The number of likely N-dealkylation sites (N-methyl/N-ethyl adjacent to an activating group) is 1. The number of ether oxygens (including phenoxy) is 1. The van der Waals surface area contributed by atoms with Gasteiger partial charge in [0.15, 0.2) is 0 Å². The molecule has 0 radical (unpaired) electrons. The van der Waals surface area contributed by atoms with Gasteiger partial charge in [-0.3, -0.25) is 4.90 Å². The van der Waals surface area contributed by atoms with Crippen LogP contribution in [0.3, 0.4) is 0 Å². The molecule has 0 aliphatic rings. The fourth-order valence-corrected chi connectivity index (χ4v) is 2.08. The summed E-state index contributed by atoms with van der Waals surface area (Å²) in [5.41, 5.74) is 1.05. The summed E-state index contributed by atoms with van der Waals surface area (Å²) in [6.07, 6.45) is 1.66. The number of rotatable bonds is 6. The lowest BCUT2D eigenvalue weighted by Crippen LogP contribution is -2.26. The van der Waals surface area contributed by atoms with E-state index in [4.69, 9.17) is 9.15 Å². The number of aliphatic hydroxyl groups excluding tert-OH is 1. The summed E-state index contributed by atoms with van der Waals surface area (Å²) in [6, 6.07) is 11.5. The van der Waals surface area contributed by atoms with Gasteiger partial charge in [-0.05, 0) is 36.9 Å². The van der Waals surface area contributed by atoms with Crippen molar-refractivity contribution >= 4 is 0 Å². The summed E-state index contributed by atoms with van der Waals surface area (Å²) in [5, 5.41) is 9.60. The van der Waals surface area contributed by atoms with E-state index in [9.17, 15) is 5.11 Å². The zero-order chi connectivity index (χ0) is 13.7. The van der Waals surface area contributed by atoms with Crippen molar-refractivity contribution < 1.29 is 14.3 Å². The minimum absolute atomic E-state index is 0.0591. The van der Waals surface area contributed by atoms with Crippen molar-refractivity contribution in [3.8, 4) is 5.75 Å². The van der Waals surface area contributed by atoms with Crippen LogP contribution in [0.1, 0.15) is 17.4 Å². The van der Waals surface area contributed by atoms with Gasteiger partial charge < -0.3 is 14.3 Å². The lowest BCUT2D eigenvalue weighted by molar-refractivity contribution is 0.135. The van der Waals surface area contributed by atoms with Crippen LogP contribution in [0.25, 0.3) is 0 Å². The van der Waals surface area contributed by atoms with E-state index in [1.807, 2.05) is 43.4 Å². The van der Waals surface area contributed by atoms with Gasteiger partial charge in [0.25, 0.3) is 0 Å². The van der Waals surface area contributed by atoms with E-state index >= 15 is 0 Å². The number of furan rings is 1. The average Bonchev–Trinajstić information content (AvgIpc) is 2.93. The van der Waals surface area contributed by atoms with E-state index in [-0.39, 0.29) is 12.6 Å². The van der Waals surface area contributed by atoms with Crippen molar-refractivity contribution in [3.63, 3.8) is 0 Å². The molecule has 1 heterocycles. The molecule has 0 saturated carbocycles. The highest BCUT2D eigenvalue weighted by molar-refractivity contribution is 5.29. The standard InChI is InChI=1S/C15H19NO3/c1-16(10-14-4-3-9-19-14)15(11-17)12-5-7-13(18-2)8-6-12/h3-9,15,17H,10-11H2,1-2H3. The first-order valence-electron chi connectivity index (χ1n) is 6.22. The Labute approximate surface area is 113 Å². The molecule has 1 atom stereocenters. The predicted molar refractivity (Wildman–Crippen MR) is 73.0 cm³/mol. The second-order valence-electron chi connectivity index (χ2n) is 4.47.